The van der Waals surface area contributed by atoms with Crippen molar-refractivity contribution in [2.24, 2.45) is 0 Å². The van der Waals surface area contributed by atoms with Crippen molar-refractivity contribution in [2.75, 3.05) is 5.32 Å². The molecule has 0 spiro atoms. The monoisotopic (exact) mass is 322 g/mol. The van der Waals surface area contributed by atoms with Crippen LogP contribution < -0.4 is 10.9 Å². The average Bonchev–Trinajstić information content (AvgIpc) is 2.84. The Morgan fingerprint density at radius 2 is 2.33 bits per heavy atom. The summed E-state index contributed by atoms with van der Waals surface area (Å²) < 4.78 is 2.64. The minimum Gasteiger partial charge on any atom is -0.377 e. The molecular weight excluding hydrogens is 304 g/mol. The van der Waals surface area contributed by atoms with Crippen LogP contribution in [0.2, 0.25) is 4.34 Å². The van der Waals surface area contributed by atoms with E-state index in [4.69, 9.17) is 11.6 Å². The maximum Gasteiger partial charge on any atom is 0.250 e. The van der Waals surface area contributed by atoms with Gasteiger partial charge in [0, 0.05) is 23.7 Å². The van der Waals surface area contributed by atoms with Crippen LogP contribution in [0.15, 0.2) is 29.2 Å². The summed E-state index contributed by atoms with van der Waals surface area (Å²) in [6, 6.07) is 5.89. The van der Waals surface area contributed by atoms with Crippen LogP contribution in [0.1, 0.15) is 42.7 Å². The molecular formula is C16H19ClN2OS. The summed E-state index contributed by atoms with van der Waals surface area (Å²) >= 11 is 7.84. The van der Waals surface area contributed by atoms with Crippen molar-refractivity contribution in [3.8, 4) is 0 Å². The first-order valence-corrected chi connectivity index (χ1v) is 8.62. The number of hydrogen-bond donors (Lipinski definition) is 1. The maximum absolute atomic E-state index is 11.8. The molecule has 0 amide bonds. The smallest absolute Gasteiger partial charge is 0.250 e. The van der Waals surface area contributed by atoms with E-state index in [1.54, 1.807) is 22.0 Å². The van der Waals surface area contributed by atoms with Crippen LogP contribution in [-0.4, -0.2) is 4.57 Å². The summed E-state index contributed by atoms with van der Waals surface area (Å²) in [4.78, 5) is 13.2. The van der Waals surface area contributed by atoms with Gasteiger partial charge in [0.05, 0.1) is 16.1 Å². The number of aryl methyl sites for hydroxylation is 2. The zero-order chi connectivity index (χ0) is 14.8. The quantitative estimate of drug-likeness (QED) is 0.901. The van der Waals surface area contributed by atoms with Gasteiger partial charge in [-0.2, -0.15) is 0 Å². The molecule has 21 heavy (non-hydrogen) atoms. The van der Waals surface area contributed by atoms with E-state index < -0.39 is 0 Å². The average molecular weight is 323 g/mol. The lowest BCUT2D eigenvalue weighted by Gasteiger charge is -2.25. The molecule has 1 unspecified atom stereocenters. The maximum atomic E-state index is 11.8. The van der Waals surface area contributed by atoms with Crippen LogP contribution in [0.25, 0.3) is 0 Å². The molecule has 0 aliphatic heterocycles. The Morgan fingerprint density at radius 3 is 3.14 bits per heavy atom. The minimum absolute atomic E-state index is 0.0605. The number of aromatic nitrogens is 1. The Kier molecular flexibility index (Phi) is 4.36. The Labute approximate surface area is 133 Å². The van der Waals surface area contributed by atoms with Crippen molar-refractivity contribution >= 4 is 28.6 Å². The Bertz CT molecular complexity index is 692. The van der Waals surface area contributed by atoms with Gasteiger partial charge in [0.2, 0.25) is 0 Å². The molecule has 0 radical (unpaired) electrons. The molecule has 2 aromatic heterocycles. The van der Waals surface area contributed by atoms with E-state index in [0.717, 1.165) is 35.8 Å². The fourth-order valence-electron chi connectivity index (χ4n) is 2.90. The molecule has 1 aliphatic rings. The van der Waals surface area contributed by atoms with Crippen LogP contribution in [0, 0.1) is 0 Å². The highest BCUT2D eigenvalue weighted by Gasteiger charge is 2.22. The van der Waals surface area contributed by atoms with E-state index in [9.17, 15) is 4.79 Å². The van der Waals surface area contributed by atoms with E-state index in [1.165, 1.54) is 16.9 Å². The summed E-state index contributed by atoms with van der Waals surface area (Å²) in [6.45, 7) is 2.84. The molecule has 3 rings (SSSR count). The number of fused-ring (bicyclic) bond motifs is 1. The standard InChI is InChI=1S/C16H19ClN2OS/c1-2-8-19-10-11(6-7-16(19)20)18-13-4-3-5-14-12(13)9-15(17)21-14/h6-7,9-10,13,18H,2-5,8H2,1H3. The molecule has 0 bridgehead atoms. The molecule has 0 aromatic carbocycles. The number of nitrogens with zero attached hydrogens (tertiary/aromatic N) is 1. The number of nitrogens with one attached hydrogen (secondary N) is 1. The number of halogens is 1. The Balaban J connectivity index is 1.84. The third kappa shape index (κ3) is 3.16. The highest BCUT2D eigenvalue weighted by Crippen LogP contribution is 2.39. The summed E-state index contributed by atoms with van der Waals surface area (Å²) in [6.07, 6.45) is 6.29. The van der Waals surface area contributed by atoms with Gasteiger partial charge < -0.3 is 9.88 Å². The van der Waals surface area contributed by atoms with Crippen LogP contribution in [0.3, 0.4) is 0 Å². The third-order valence-electron chi connectivity index (χ3n) is 3.87. The third-order valence-corrected chi connectivity index (χ3v) is 5.21. The number of thiophene rings is 1. The largest absolute Gasteiger partial charge is 0.377 e. The first-order valence-electron chi connectivity index (χ1n) is 7.42. The van der Waals surface area contributed by atoms with Crippen molar-refractivity contribution in [3.63, 3.8) is 0 Å². The van der Waals surface area contributed by atoms with Crippen molar-refractivity contribution in [1.29, 1.82) is 0 Å². The predicted molar refractivity (Wildman–Crippen MR) is 89.6 cm³/mol. The molecule has 112 valence electrons. The molecule has 3 nitrogen and oxygen atoms in total. The van der Waals surface area contributed by atoms with Gasteiger partial charge in [-0.15, -0.1) is 11.3 Å². The van der Waals surface area contributed by atoms with Gasteiger partial charge >= 0.3 is 0 Å². The lowest BCUT2D eigenvalue weighted by atomic mass is 9.94. The van der Waals surface area contributed by atoms with Gasteiger partial charge in [-0.1, -0.05) is 18.5 Å². The first kappa shape index (κ1) is 14.7. The van der Waals surface area contributed by atoms with Gasteiger partial charge in [0.1, 0.15) is 0 Å². The molecule has 2 aromatic rings. The lowest BCUT2D eigenvalue weighted by molar-refractivity contribution is 0.605. The molecule has 2 heterocycles. The molecule has 0 saturated heterocycles. The van der Waals surface area contributed by atoms with Gasteiger partial charge in [-0.05, 0) is 43.4 Å². The van der Waals surface area contributed by atoms with E-state index in [-0.39, 0.29) is 5.56 Å². The molecule has 5 heteroatoms. The fraction of sp³-hybridized carbons (Fsp3) is 0.438. The molecule has 0 fully saturated rings. The zero-order valence-corrected chi connectivity index (χ0v) is 13.6. The van der Waals surface area contributed by atoms with Gasteiger partial charge in [0.25, 0.3) is 5.56 Å². The summed E-state index contributed by atoms with van der Waals surface area (Å²) in [5.41, 5.74) is 2.39. The van der Waals surface area contributed by atoms with Crippen molar-refractivity contribution in [1.82, 2.24) is 4.57 Å². The molecule has 1 N–H and O–H groups in total. The molecule has 1 atom stereocenters. The van der Waals surface area contributed by atoms with Crippen molar-refractivity contribution in [2.45, 2.75) is 45.2 Å². The van der Waals surface area contributed by atoms with Crippen LogP contribution in [-0.2, 0) is 13.0 Å². The molecule has 1 aliphatic carbocycles. The number of pyridine rings is 1. The second kappa shape index (κ2) is 6.24. The lowest BCUT2D eigenvalue weighted by Crippen LogP contribution is -2.21. The Hall–Kier alpha value is -1.26. The van der Waals surface area contributed by atoms with Gasteiger partial charge in [-0.3, -0.25) is 4.79 Å². The fourth-order valence-corrected chi connectivity index (χ4v) is 4.29. The minimum atomic E-state index is 0.0605. The molecule has 0 saturated carbocycles. The second-order valence-electron chi connectivity index (χ2n) is 5.47. The topological polar surface area (TPSA) is 34.0 Å². The van der Waals surface area contributed by atoms with E-state index >= 15 is 0 Å². The Morgan fingerprint density at radius 1 is 1.48 bits per heavy atom. The first-order chi connectivity index (χ1) is 10.2. The SMILES string of the molecule is CCCn1cc(NC2CCCc3sc(Cl)cc32)ccc1=O. The zero-order valence-electron chi connectivity index (χ0n) is 12.1. The van der Waals surface area contributed by atoms with Gasteiger partial charge in [0.15, 0.2) is 0 Å². The number of rotatable bonds is 4. The number of hydrogen-bond acceptors (Lipinski definition) is 3. The van der Waals surface area contributed by atoms with Crippen LogP contribution in [0.4, 0.5) is 5.69 Å². The predicted octanol–water partition coefficient (Wildman–Crippen LogP) is 4.46. The van der Waals surface area contributed by atoms with Crippen molar-refractivity contribution in [3.05, 3.63) is 49.5 Å². The van der Waals surface area contributed by atoms with Crippen LogP contribution in [0.5, 0.6) is 0 Å². The number of anilines is 1. The summed E-state index contributed by atoms with van der Waals surface area (Å²) in [5, 5.41) is 3.56. The second-order valence-corrected chi connectivity index (χ2v) is 7.24. The highest BCUT2D eigenvalue weighted by atomic mass is 35.5. The van der Waals surface area contributed by atoms with Gasteiger partial charge in [-0.25, -0.2) is 0 Å². The summed E-state index contributed by atoms with van der Waals surface area (Å²) in [5.74, 6) is 0. The highest BCUT2D eigenvalue weighted by molar-refractivity contribution is 7.16. The van der Waals surface area contributed by atoms with E-state index in [0.29, 0.717) is 6.04 Å². The van der Waals surface area contributed by atoms with Crippen molar-refractivity contribution < 1.29 is 0 Å². The summed E-state index contributed by atoms with van der Waals surface area (Å²) in [7, 11) is 0. The normalized spacial score (nSPS) is 17.5. The van der Waals surface area contributed by atoms with E-state index in [1.807, 2.05) is 12.3 Å². The van der Waals surface area contributed by atoms with Crippen LogP contribution >= 0.6 is 22.9 Å². The van der Waals surface area contributed by atoms with E-state index in [2.05, 4.69) is 18.3 Å².